The first kappa shape index (κ1) is 18.1. The number of nitrogens with one attached hydrogen (secondary N) is 1. The van der Waals surface area contributed by atoms with Gasteiger partial charge in [-0.1, -0.05) is 18.2 Å². The minimum absolute atomic E-state index is 0.116. The summed E-state index contributed by atoms with van der Waals surface area (Å²) in [5.41, 5.74) is 1.75. The molecule has 0 atom stereocenters. The summed E-state index contributed by atoms with van der Waals surface area (Å²) >= 11 is 1.34. The number of nitrogens with zero attached hydrogens (tertiary/aromatic N) is 2. The van der Waals surface area contributed by atoms with E-state index in [0.717, 1.165) is 5.69 Å². The van der Waals surface area contributed by atoms with Gasteiger partial charge in [0.05, 0.1) is 16.3 Å². The maximum absolute atomic E-state index is 12.7. The molecule has 3 aromatic rings. The van der Waals surface area contributed by atoms with Gasteiger partial charge in [-0.2, -0.15) is 0 Å². The molecule has 3 rings (SSSR count). The molecule has 1 N–H and O–H groups in total. The number of benzene rings is 2. The van der Waals surface area contributed by atoms with E-state index in [1.165, 1.54) is 47.0 Å². The molecule has 0 spiro atoms. The Labute approximate surface area is 156 Å². The predicted octanol–water partition coefficient (Wildman–Crippen LogP) is 3.53. The summed E-state index contributed by atoms with van der Waals surface area (Å²) in [6.45, 7) is 1.84. The highest BCUT2D eigenvalue weighted by Gasteiger charge is 2.21. The van der Waals surface area contributed by atoms with Crippen LogP contribution >= 0.6 is 11.3 Å². The summed E-state index contributed by atoms with van der Waals surface area (Å²) in [7, 11) is -2.20. The molecule has 0 unspecified atom stereocenters. The minimum Gasteiger partial charge on any atom is -0.298 e. The Hall–Kier alpha value is -2.71. The zero-order valence-corrected chi connectivity index (χ0v) is 15.8. The number of para-hydroxylation sites is 1. The van der Waals surface area contributed by atoms with Crippen molar-refractivity contribution in [2.24, 2.45) is 0 Å². The third-order valence-electron chi connectivity index (χ3n) is 3.73. The maximum Gasteiger partial charge on any atom is 0.264 e. The van der Waals surface area contributed by atoms with E-state index in [2.05, 4.69) is 10.3 Å². The molecule has 0 aliphatic heterocycles. The summed E-state index contributed by atoms with van der Waals surface area (Å²) in [4.78, 5) is 16.5. The Kier molecular flexibility index (Phi) is 5.06. The van der Waals surface area contributed by atoms with Crippen molar-refractivity contribution in [2.75, 3.05) is 16.7 Å². The van der Waals surface area contributed by atoms with Crippen LogP contribution in [-0.2, 0) is 10.0 Å². The highest BCUT2D eigenvalue weighted by molar-refractivity contribution is 7.92. The summed E-state index contributed by atoms with van der Waals surface area (Å²) in [6.07, 6.45) is 0. The fraction of sp³-hybridized carbons (Fsp3) is 0.111. The van der Waals surface area contributed by atoms with Gasteiger partial charge >= 0.3 is 0 Å². The summed E-state index contributed by atoms with van der Waals surface area (Å²) in [5.74, 6) is -0.334. The van der Waals surface area contributed by atoms with Gasteiger partial charge in [0.1, 0.15) is 0 Å². The lowest BCUT2D eigenvalue weighted by Crippen LogP contribution is -2.26. The van der Waals surface area contributed by atoms with Crippen molar-refractivity contribution in [2.45, 2.75) is 11.8 Å². The molecule has 0 aliphatic rings. The lowest BCUT2D eigenvalue weighted by Gasteiger charge is -2.19. The van der Waals surface area contributed by atoms with E-state index in [1.54, 1.807) is 24.3 Å². The first-order valence-corrected chi connectivity index (χ1v) is 10.1. The van der Waals surface area contributed by atoms with Gasteiger partial charge in [-0.3, -0.25) is 14.4 Å². The zero-order valence-electron chi connectivity index (χ0n) is 14.2. The quantitative estimate of drug-likeness (QED) is 0.726. The lowest BCUT2D eigenvalue weighted by molar-refractivity contribution is 0.102. The smallest absolute Gasteiger partial charge is 0.264 e. The van der Waals surface area contributed by atoms with Crippen LogP contribution in [-0.4, -0.2) is 26.4 Å². The number of hydrogen-bond acceptors (Lipinski definition) is 5. The van der Waals surface area contributed by atoms with Crippen LogP contribution < -0.4 is 9.62 Å². The number of thiazole rings is 1. The number of hydrogen-bond donors (Lipinski definition) is 1. The third-order valence-corrected chi connectivity index (χ3v) is 6.41. The molecule has 0 saturated heterocycles. The van der Waals surface area contributed by atoms with E-state index in [1.807, 2.05) is 18.4 Å². The van der Waals surface area contributed by atoms with Crippen LogP contribution in [0.2, 0.25) is 0 Å². The molecule has 1 amide bonds. The number of amides is 1. The van der Waals surface area contributed by atoms with Crippen LogP contribution in [0.15, 0.2) is 64.9 Å². The van der Waals surface area contributed by atoms with Crippen molar-refractivity contribution < 1.29 is 13.2 Å². The molecule has 0 saturated carbocycles. The van der Waals surface area contributed by atoms with E-state index in [-0.39, 0.29) is 10.8 Å². The molecule has 6 nitrogen and oxygen atoms in total. The number of carbonyl (C=O) groups is 1. The largest absolute Gasteiger partial charge is 0.298 e. The summed E-state index contributed by atoms with van der Waals surface area (Å²) in [6, 6.07) is 14.6. The first-order chi connectivity index (χ1) is 12.4. The molecular weight excluding hydrogens is 370 g/mol. The van der Waals surface area contributed by atoms with Gasteiger partial charge in [-0.05, 0) is 43.3 Å². The van der Waals surface area contributed by atoms with Crippen LogP contribution in [0.3, 0.4) is 0 Å². The van der Waals surface area contributed by atoms with Crippen LogP contribution in [0, 0.1) is 6.92 Å². The van der Waals surface area contributed by atoms with Gasteiger partial charge in [0.15, 0.2) is 5.13 Å². The zero-order chi connectivity index (χ0) is 18.7. The lowest BCUT2D eigenvalue weighted by atomic mass is 10.2. The van der Waals surface area contributed by atoms with E-state index < -0.39 is 10.0 Å². The monoisotopic (exact) mass is 387 g/mol. The van der Waals surface area contributed by atoms with E-state index in [0.29, 0.717) is 16.4 Å². The molecule has 0 radical (unpaired) electrons. The first-order valence-electron chi connectivity index (χ1n) is 7.75. The highest BCUT2D eigenvalue weighted by atomic mass is 32.2. The molecule has 2 aromatic carbocycles. The maximum atomic E-state index is 12.7. The molecule has 26 heavy (non-hydrogen) atoms. The Morgan fingerprint density at radius 3 is 2.31 bits per heavy atom. The fourth-order valence-corrected chi connectivity index (χ4v) is 4.17. The Balaban J connectivity index is 1.79. The van der Waals surface area contributed by atoms with E-state index in [9.17, 15) is 13.2 Å². The Bertz CT molecular complexity index is 1010. The van der Waals surface area contributed by atoms with Gasteiger partial charge in [-0.15, -0.1) is 11.3 Å². The third kappa shape index (κ3) is 3.76. The second kappa shape index (κ2) is 7.27. The molecule has 0 fully saturated rings. The van der Waals surface area contributed by atoms with Crippen LogP contribution in [0.4, 0.5) is 10.8 Å². The van der Waals surface area contributed by atoms with Crippen molar-refractivity contribution in [1.82, 2.24) is 4.98 Å². The highest BCUT2D eigenvalue weighted by Crippen LogP contribution is 2.22. The predicted molar refractivity (Wildman–Crippen MR) is 103 cm³/mol. The number of sulfonamides is 1. The van der Waals surface area contributed by atoms with Gasteiger partial charge < -0.3 is 0 Å². The number of anilines is 2. The number of aryl methyl sites for hydroxylation is 1. The Morgan fingerprint density at radius 1 is 1.08 bits per heavy atom. The Morgan fingerprint density at radius 2 is 1.73 bits per heavy atom. The molecule has 1 aromatic heterocycles. The molecule has 8 heteroatoms. The SMILES string of the molecule is Cc1csc(NC(=O)c2ccc(S(=O)(=O)N(C)c3ccccc3)cc2)n1. The van der Waals surface area contributed by atoms with E-state index in [4.69, 9.17) is 0 Å². The van der Waals surface area contributed by atoms with Crippen LogP contribution in [0.5, 0.6) is 0 Å². The second-order valence-electron chi connectivity index (χ2n) is 5.58. The number of rotatable bonds is 5. The normalized spacial score (nSPS) is 11.2. The van der Waals surface area contributed by atoms with Crippen molar-refractivity contribution >= 4 is 38.1 Å². The van der Waals surface area contributed by atoms with E-state index >= 15 is 0 Å². The summed E-state index contributed by atoms with van der Waals surface area (Å²) < 4.78 is 26.7. The summed E-state index contributed by atoms with van der Waals surface area (Å²) in [5, 5.41) is 5.04. The molecule has 1 heterocycles. The topological polar surface area (TPSA) is 79.4 Å². The van der Waals surface area contributed by atoms with Gasteiger partial charge in [0.2, 0.25) is 0 Å². The molecule has 0 aliphatic carbocycles. The van der Waals surface area contributed by atoms with Gasteiger partial charge in [0, 0.05) is 18.0 Å². The van der Waals surface area contributed by atoms with Gasteiger partial charge in [0.25, 0.3) is 15.9 Å². The molecule has 134 valence electrons. The average Bonchev–Trinajstić information content (AvgIpc) is 3.06. The van der Waals surface area contributed by atoms with Crippen molar-refractivity contribution in [1.29, 1.82) is 0 Å². The molecular formula is C18H17N3O3S2. The van der Waals surface area contributed by atoms with Crippen molar-refractivity contribution in [3.05, 3.63) is 71.2 Å². The second-order valence-corrected chi connectivity index (χ2v) is 8.41. The van der Waals surface area contributed by atoms with Crippen molar-refractivity contribution in [3.63, 3.8) is 0 Å². The number of carbonyl (C=O) groups excluding carboxylic acids is 1. The van der Waals surface area contributed by atoms with Crippen LogP contribution in [0.25, 0.3) is 0 Å². The molecule has 0 bridgehead atoms. The van der Waals surface area contributed by atoms with Gasteiger partial charge in [-0.25, -0.2) is 13.4 Å². The standard InChI is InChI=1S/C18H17N3O3S2/c1-13-12-25-18(19-13)20-17(22)14-8-10-16(11-9-14)26(23,24)21(2)15-6-4-3-5-7-15/h3-12H,1-2H3,(H,19,20,22). The van der Waals surface area contributed by atoms with Crippen molar-refractivity contribution in [3.8, 4) is 0 Å². The average molecular weight is 387 g/mol. The fourth-order valence-electron chi connectivity index (χ4n) is 2.29. The minimum atomic E-state index is -3.70. The number of aromatic nitrogens is 1. The van der Waals surface area contributed by atoms with Crippen LogP contribution in [0.1, 0.15) is 16.1 Å².